The molecule has 2 aliphatic rings. The quantitative estimate of drug-likeness (QED) is 0.587. The molecule has 9 heteroatoms. The lowest BCUT2D eigenvalue weighted by Crippen LogP contribution is -2.39. The van der Waals surface area contributed by atoms with Crippen molar-refractivity contribution in [1.29, 1.82) is 0 Å². The van der Waals surface area contributed by atoms with Crippen LogP contribution in [-0.2, 0) is 0 Å². The Morgan fingerprint density at radius 2 is 1.72 bits per heavy atom. The zero-order valence-corrected chi connectivity index (χ0v) is 15.7. The Morgan fingerprint density at radius 3 is 2.41 bits per heavy atom. The normalized spacial score (nSPS) is 16.3. The SMILES string of the molecule is Nc1c2c(cc(=O)n1-c1ccc(NC(=O)NC3CCCCC3)cc1)C(=O)NC2=O. The number of fused-ring (bicyclic) bond motifs is 1. The monoisotopic (exact) mass is 395 g/mol. The summed E-state index contributed by atoms with van der Waals surface area (Å²) >= 11 is 0. The number of nitrogens with two attached hydrogens (primary N) is 1. The van der Waals surface area contributed by atoms with Crippen molar-refractivity contribution in [3.05, 3.63) is 51.8 Å². The number of nitrogens with one attached hydrogen (secondary N) is 3. The number of carbonyl (C=O) groups excluding carboxylic acids is 3. The molecule has 1 aromatic carbocycles. The Kier molecular flexibility index (Phi) is 4.79. The average Bonchev–Trinajstić information content (AvgIpc) is 2.97. The molecular formula is C20H21N5O4. The molecule has 0 unspecified atom stereocenters. The van der Waals surface area contributed by atoms with Crippen molar-refractivity contribution in [2.45, 2.75) is 38.1 Å². The molecule has 1 aliphatic carbocycles. The lowest BCUT2D eigenvalue weighted by atomic mass is 9.96. The summed E-state index contributed by atoms with van der Waals surface area (Å²) in [6, 6.07) is 7.51. The molecule has 2 aromatic rings. The van der Waals surface area contributed by atoms with Gasteiger partial charge in [-0.25, -0.2) is 4.79 Å². The third-order valence-electron chi connectivity index (χ3n) is 5.28. The van der Waals surface area contributed by atoms with E-state index in [1.807, 2.05) is 0 Å². The van der Waals surface area contributed by atoms with Gasteiger partial charge in [-0.15, -0.1) is 0 Å². The smallest absolute Gasteiger partial charge is 0.319 e. The molecule has 1 aliphatic heterocycles. The number of aromatic nitrogens is 1. The molecule has 0 saturated heterocycles. The number of benzene rings is 1. The number of urea groups is 1. The van der Waals surface area contributed by atoms with Gasteiger partial charge in [0.1, 0.15) is 5.82 Å². The molecule has 1 aromatic heterocycles. The first-order valence-corrected chi connectivity index (χ1v) is 9.53. The van der Waals surface area contributed by atoms with E-state index in [9.17, 15) is 19.2 Å². The lowest BCUT2D eigenvalue weighted by Gasteiger charge is -2.22. The van der Waals surface area contributed by atoms with Gasteiger partial charge in [-0.2, -0.15) is 0 Å². The van der Waals surface area contributed by atoms with E-state index in [1.54, 1.807) is 24.3 Å². The van der Waals surface area contributed by atoms with Gasteiger partial charge in [-0.05, 0) is 37.1 Å². The van der Waals surface area contributed by atoms with E-state index in [-0.39, 0.29) is 29.0 Å². The zero-order valence-electron chi connectivity index (χ0n) is 15.7. The molecular weight excluding hydrogens is 374 g/mol. The molecule has 4 amide bonds. The highest BCUT2D eigenvalue weighted by atomic mass is 16.2. The summed E-state index contributed by atoms with van der Waals surface area (Å²) in [5.74, 6) is -1.37. The second-order valence-electron chi connectivity index (χ2n) is 7.26. The second kappa shape index (κ2) is 7.42. The minimum atomic E-state index is -0.635. The predicted molar refractivity (Wildman–Crippen MR) is 107 cm³/mol. The first-order valence-electron chi connectivity index (χ1n) is 9.53. The topological polar surface area (TPSA) is 135 Å². The highest BCUT2D eigenvalue weighted by molar-refractivity contribution is 6.23. The zero-order chi connectivity index (χ0) is 20.5. The van der Waals surface area contributed by atoms with Crippen LogP contribution in [0.15, 0.2) is 35.1 Å². The van der Waals surface area contributed by atoms with Crippen molar-refractivity contribution in [1.82, 2.24) is 15.2 Å². The standard InChI is InChI=1S/C20H21N5O4/c21-17-16-14(18(27)24-19(16)28)10-15(26)25(17)13-8-6-12(7-9-13)23-20(29)22-11-4-2-1-3-5-11/h6-11H,1-5,21H2,(H2,22,23,29)(H,24,27,28). The molecule has 0 atom stereocenters. The molecule has 150 valence electrons. The predicted octanol–water partition coefficient (Wildman–Crippen LogP) is 1.76. The highest BCUT2D eigenvalue weighted by Gasteiger charge is 2.31. The minimum Gasteiger partial charge on any atom is -0.384 e. The molecule has 5 N–H and O–H groups in total. The number of anilines is 2. The first-order chi connectivity index (χ1) is 13.9. The summed E-state index contributed by atoms with van der Waals surface area (Å²) in [6.07, 6.45) is 5.44. The van der Waals surface area contributed by atoms with E-state index in [2.05, 4.69) is 16.0 Å². The van der Waals surface area contributed by atoms with Crippen LogP contribution in [0.4, 0.5) is 16.3 Å². The van der Waals surface area contributed by atoms with E-state index in [1.165, 1.54) is 6.42 Å². The van der Waals surface area contributed by atoms with Crippen molar-refractivity contribution in [3.63, 3.8) is 0 Å². The molecule has 29 heavy (non-hydrogen) atoms. The summed E-state index contributed by atoms with van der Waals surface area (Å²) in [4.78, 5) is 48.3. The third-order valence-corrected chi connectivity index (χ3v) is 5.28. The van der Waals surface area contributed by atoms with Crippen molar-refractivity contribution < 1.29 is 14.4 Å². The number of nitrogen functional groups attached to an aromatic ring is 1. The van der Waals surface area contributed by atoms with Crippen molar-refractivity contribution in [2.75, 3.05) is 11.1 Å². The summed E-state index contributed by atoms with van der Waals surface area (Å²) < 4.78 is 1.16. The van der Waals surface area contributed by atoms with Crippen LogP contribution in [0.3, 0.4) is 0 Å². The van der Waals surface area contributed by atoms with Gasteiger partial charge >= 0.3 is 6.03 Å². The van der Waals surface area contributed by atoms with Gasteiger partial charge < -0.3 is 16.4 Å². The highest BCUT2D eigenvalue weighted by Crippen LogP contribution is 2.23. The van der Waals surface area contributed by atoms with E-state index < -0.39 is 17.4 Å². The Bertz CT molecular complexity index is 1050. The van der Waals surface area contributed by atoms with Gasteiger partial charge in [-0.3, -0.25) is 24.3 Å². The van der Waals surface area contributed by atoms with E-state index >= 15 is 0 Å². The second-order valence-corrected chi connectivity index (χ2v) is 7.26. The number of carbonyl (C=O) groups is 3. The number of rotatable bonds is 3. The van der Waals surface area contributed by atoms with E-state index in [0.717, 1.165) is 36.3 Å². The first kappa shape index (κ1) is 18.7. The number of nitrogens with zero attached hydrogens (tertiary/aromatic N) is 1. The van der Waals surface area contributed by atoms with Gasteiger partial charge in [0.2, 0.25) is 0 Å². The molecule has 0 radical (unpaired) electrons. The van der Waals surface area contributed by atoms with E-state index in [0.29, 0.717) is 11.4 Å². The van der Waals surface area contributed by atoms with Gasteiger partial charge in [-0.1, -0.05) is 19.3 Å². The number of hydrogen-bond donors (Lipinski definition) is 4. The van der Waals surface area contributed by atoms with Crippen molar-refractivity contribution in [3.8, 4) is 5.69 Å². The average molecular weight is 395 g/mol. The van der Waals surface area contributed by atoms with Crippen LogP contribution in [0.5, 0.6) is 0 Å². The summed E-state index contributed by atoms with van der Waals surface area (Å²) in [5.41, 5.74) is 6.43. The molecule has 1 saturated carbocycles. The summed E-state index contributed by atoms with van der Waals surface area (Å²) in [6.45, 7) is 0. The van der Waals surface area contributed by atoms with E-state index in [4.69, 9.17) is 5.73 Å². The van der Waals surface area contributed by atoms with Crippen LogP contribution >= 0.6 is 0 Å². The van der Waals surface area contributed by atoms with Crippen LogP contribution in [-0.4, -0.2) is 28.5 Å². The maximum absolute atomic E-state index is 12.4. The lowest BCUT2D eigenvalue weighted by molar-refractivity contribution is 0.0880. The van der Waals surface area contributed by atoms with Gasteiger partial charge in [0.25, 0.3) is 17.4 Å². The Hall–Kier alpha value is -3.62. The third kappa shape index (κ3) is 3.58. The van der Waals surface area contributed by atoms with Gasteiger partial charge in [0.15, 0.2) is 0 Å². The van der Waals surface area contributed by atoms with Gasteiger partial charge in [0.05, 0.1) is 16.8 Å². The molecule has 1 fully saturated rings. The van der Waals surface area contributed by atoms with Crippen molar-refractivity contribution >= 4 is 29.4 Å². The molecule has 0 spiro atoms. The summed E-state index contributed by atoms with van der Waals surface area (Å²) in [7, 11) is 0. The van der Waals surface area contributed by atoms with Crippen LogP contribution in [0.2, 0.25) is 0 Å². The molecule has 2 heterocycles. The fourth-order valence-corrected chi connectivity index (χ4v) is 3.84. The van der Waals surface area contributed by atoms with Crippen molar-refractivity contribution in [2.24, 2.45) is 0 Å². The molecule has 0 bridgehead atoms. The van der Waals surface area contributed by atoms with Crippen LogP contribution < -0.4 is 27.2 Å². The fraction of sp³-hybridized carbons (Fsp3) is 0.300. The Balaban J connectivity index is 1.53. The number of pyridine rings is 1. The Labute approximate surface area is 166 Å². The molecule has 9 nitrogen and oxygen atoms in total. The van der Waals surface area contributed by atoms with Crippen LogP contribution in [0.25, 0.3) is 5.69 Å². The number of amides is 4. The Morgan fingerprint density at radius 1 is 1.03 bits per heavy atom. The van der Waals surface area contributed by atoms with Gasteiger partial charge in [0, 0.05) is 17.8 Å². The maximum atomic E-state index is 12.4. The number of imide groups is 1. The minimum absolute atomic E-state index is 0.0105. The number of hydrogen-bond acceptors (Lipinski definition) is 5. The maximum Gasteiger partial charge on any atom is 0.319 e. The molecule has 4 rings (SSSR count). The fourth-order valence-electron chi connectivity index (χ4n) is 3.84. The summed E-state index contributed by atoms with van der Waals surface area (Å²) in [5, 5.41) is 7.87. The van der Waals surface area contributed by atoms with Crippen LogP contribution in [0.1, 0.15) is 52.8 Å². The van der Waals surface area contributed by atoms with Crippen LogP contribution in [0, 0.1) is 0 Å². The largest absolute Gasteiger partial charge is 0.384 e.